The Labute approximate surface area is 392 Å². The van der Waals surface area contributed by atoms with Crippen molar-refractivity contribution in [2.75, 3.05) is 25.4 Å². The van der Waals surface area contributed by atoms with Crippen molar-refractivity contribution < 1.29 is 39.8 Å². The van der Waals surface area contributed by atoms with Gasteiger partial charge in [0, 0.05) is 72.3 Å². The molecule has 354 valence electrons. The van der Waals surface area contributed by atoms with Crippen LogP contribution in [0.3, 0.4) is 0 Å². The molecule has 0 saturated heterocycles. The minimum Gasteiger partial charge on any atom is -0.504 e. The fourth-order valence-electron chi connectivity index (χ4n) is 11.1. The summed E-state index contributed by atoms with van der Waals surface area (Å²) in [4.78, 5) is 3.54. The van der Waals surface area contributed by atoms with Gasteiger partial charge in [0.2, 0.25) is 0 Å². The minimum atomic E-state index is -0.894. The smallest absolute Gasteiger partial charge is 0.161 e. The molecular formula is C52H71N3O8S2. The maximum atomic E-state index is 11.3. The number of aryl methyl sites for hydroxylation is 4. The van der Waals surface area contributed by atoms with Crippen LogP contribution in [0.15, 0.2) is 53.0 Å². The molecule has 65 heavy (non-hydrogen) atoms. The number of hydrogen-bond acceptors (Lipinski definition) is 12. The number of nitrogens with one attached hydrogen (secondary N) is 2. The van der Waals surface area contributed by atoms with Gasteiger partial charge in [0.25, 0.3) is 0 Å². The van der Waals surface area contributed by atoms with Gasteiger partial charge in [-0.05, 0) is 127 Å². The Hall–Kier alpha value is -3.24. The molecular weight excluding hydrogens is 859 g/mol. The van der Waals surface area contributed by atoms with Crippen LogP contribution < -0.4 is 15.8 Å². The third-order valence-electron chi connectivity index (χ3n) is 14.8. The highest BCUT2D eigenvalue weighted by Crippen LogP contribution is 2.48. The van der Waals surface area contributed by atoms with E-state index in [4.69, 9.17) is 14.9 Å². The molecule has 0 radical (unpaired) electrons. The lowest BCUT2D eigenvalue weighted by molar-refractivity contribution is 0.103. The molecule has 1 fully saturated rings. The lowest BCUT2D eigenvalue weighted by Crippen LogP contribution is -2.35. The van der Waals surface area contributed by atoms with Gasteiger partial charge in [0.1, 0.15) is 24.2 Å². The Balaban J connectivity index is 0.807. The summed E-state index contributed by atoms with van der Waals surface area (Å²) in [5.74, 6) is 5.62. The van der Waals surface area contributed by atoms with E-state index in [1.54, 1.807) is 23.8 Å². The number of ether oxygens (including phenoxy) is 1. The predicted octanol–water partition coefficient (Wildman–Crippen LogP) is 8.32. The Morgan fingerprint density at radius 1 is 0.954 bits per heavy atom. The summed E-state index contributed by atoms with van der Waals surface area (Å²) in [6.07, 6.45) is 14.9. The van der Waals surface area contributed by atoms with Crippen LogP contribution in [0.5, 0.6) is 11.5 Å². The number of aliphatic hydroxyl groups excluding tert-OH is 5. The third kappa shape index (κ3) is 11.7. The van der Waals surface area contributed by atoms with Gasteiger partial charge in [-0.15, -0.1) is 0 Å². The van der Waals surface area contributed by atoms with Crippen LogP contribution in [0, 0.1) is 23.7 Å². The number of hydrogen-bond donors (Lipinski definition) is 9. The number of aromatic hydroxyl groups is 1. The monoisotopic (exact) mass is 929 g/mol. The number of unbranched alkanes of at least 4 members (excludes halogenated alkanes) is 2. The van der Waals surface area contributed by atoms with Crippen molar-refractivity contribution in [3.05, 3.63) is 110 Å². The van der Waals surface area contributed by atoms with Crippen molar-refractivity contribution in [2.24, 2.45) is 29.4 Å². The van der Waals surface area contributed by atoms with E-state index in [0.29, 0.717) is 48.8 Å². The highest BCUT2D eigenvalue weighted by atomic mass is 33.1. The zero-order valence-corrected chi connectivity index (χ0v) is 39.6. The van der Waals surface area contributed by atoms with E-state index in [9.17, 15) is 30.6 Å². The number of nitrogens with two attached hydrogens (primary N) is 1. The fourth-order valence-corrected chi connectivity index (χ4v) is 13.8. The lowest BCUT2D eigenvalue weighted by Gasteiger charge is -2.33. The first-order valence-corrected chi connectivity index (χ1v) is 26.6. The Kier molecular flexibility index (Phi) is 16.8. The molecule has 9 atom stereocenters. The standard InChI is InChI=1S/C52H71N3O8S2/c1-31(58)24-54-25-43-39-8-5-7-33(39)14-18-46-42(43)23-47(55-46)49(60)28-62-51-20-32(11-19-48(51)59)10-15-38-21-37(27-57)50(63-38)9-4-2-3-6-36-29-64-65-30-44-35(26-56)13-17-41-40(44)16-12-34(52(41)61)22-45(36)53/h11-13,16-17,19-21,23,31,33-34,36,39,43,45,49,52,54-61H,2-10,14-15,18,22,24-30,53H2,1H3. The topological polar surface area (TPSA) is 198 Å². The molecule has 4 bridgehead atoms. The normalized spacial score (nSPS) is 25.1. The molecule has 10 N–H and O–H groups in total. The average molecular weight is 930 g/mol. The van der Waals surface area contributed by atoms with Crippen LogP contribution >= 0.6 is 21.6 Å². The van der Waals surface area contributed by atoms with Crippen LogP contribution in [0.1, 0.15) is 145 Å². The summed E-state index contributed by atoms with van der Waals surface area (Å²) in [6.45, 7) is 3.07. The van der Waals surface area contributed by atoms with Gasteiger partial charge in [-0.1, -0.05) is 77.6 Å². The van der Waals surface area contributed by atoms with E-state index in [0.717, 1.165) is 120 Å². The molecule has 1 saturated carbocycles. The molecule has 11 nitrogen and oxygen atoms in total. The maximum Gasteiger partial charge on any atom is 0.161 e. The van der Waals surface area contributed by atoms with Crippen LogP contribution in [-0.2, 0) is 44.6 Å². The number of fused-ring (bicyclic) bond motifs is 8. The summed E-state index contributed by atoms with van der Waals surface area (Å²) < 4.78 is 12.4. The summed E-state index contributed by atoms with van der Waals surface area (Å²) in [7, 11) is 3.66. The number of aromatic nitrogens is 1. The molecule has 3 aliphatic carbocycles. The lowest BCUT2D eigenvalue weighted by atomic mass is 9.79. The Morgan fingerprint density at radius 2 is 1.82 bits per heavy atom. The molecule has 9 rings (SSSR count). The number of benzene rings is 2. The van der Waals surface area contributed by atoms with Gasteiger partial charge in [0.05, 0.1) is 25.4 Å². The van der Waals surface area contributed by atoms with Crippen molar-refractivity contribution >= 4 is 27.7 Å². The van der Waals surface area contributed by atoms with Crippen molar-refractivity contribution in [1.29, 1.82) is 0 Å². The molecule has 2 aromatic heterocycles. The summed E-state index contributed by atoms with van der Waals surface area (Å²) in [6, 6.07) is 13.3. The molecule has 4 aromatic rings. The highest BCUT2D eigenvalue weighted by molar-refractivity contribution is 8.76. The molecule has 9 unspecified atom stereocenters. The molecule has 5 aliphatic rings. The summed E-state index contributed by atoms with van der Waals surface area (Å²) in [5, 5.41) is 67.0. The molecule has 4 heterocycles. The predicted molar refractivity (Wildman–Crippen MR) is 260 cm³/mol. The number of H-pyrrole nitrogens is 1. The number of aliphatic hydroxyl groups is 5. The van der Waals surface area contributed by atoms with E-state index in [-0.39, 0.29) is 37.5 Å². The molecule has 2 aliphatic heterocycles. The van der Waals surface area contributed by atoms with E-state index in [2.05, 4.69) is 28.5 Å². The first kappa shape index (κ1) is 48.2. The zero-order chi connectivity index (χ0) is 45.5. The Morgan fingerprint density at radius 3 is 2.65 bits per heavy atom. The molecule has 0 spiro atoms. The van der Waals surface area contributed by atoms with Crippen molar-refractivity contribution in [1.82, 2.24) is 10.3 Å². The fraction of sp³-hybridized carbons (Fsp3) is 0.577. The van der Waals surface area contributed by atoms with Gasteiger partial charge in [-0.2, -0.15) is 0 Å². The van der Waals surface area contributed by atoms with E-state index >= 15 is 0 Å². The first-order chi connectivity index (χ1) is 31.6. The largest absolute Gasteiger partial charge is 0.504 e. The number of phenols is 1. The first-order valence-electron chi connectivity index (χ1n) is 24.2. The van der Waals surface area contributed by atoms with Crippen LogP contribution in [-0.4, -0.2) is 73.2 Å². The maximum absolute atomic E-state index is 11.3. The van der Waals surface area contributed by atoms with Gasteiger partial charge in [0.15, 0.2) is 11.5 Å². The quantitative estimate of drug-likeness (QED) is 0.0323. The average Bonchev–Trinajstić information content (AvgIpc) is 4.04. The number of aromatic amines is 1. The van der Waals surface area contributed by atoms with E-state index in [1.165, 1.54) is 30.5 Å². The second kappa shape index (κ2) is 22.7. The Bertz CT molecular complexity index is 2210. The van der Waals surface area contributed by atoms with Crippen LogP contribution in [0.2, 0.25) is 0 Å². The van der Waals surface area contributed by atoms with Crippen LogP contribution in [0.4, 0.5) is 0 Å². The molecule has 2 aromatic carbocycles. The summed E-state index contributed by atoms with van der Waals surface area (Å²) >= 11 is 0. The van der Waals surface area contributed by atoms with Gasteiger partial charge < -0.3 is 55.8 Å². The highest BCUT2D eigenvalue weighted by Gasteiger charge is 2.39. The van der Waals surface area contributed by atoms with Crippen molar-refractivity contribution in [2.45, 2.75) is 140 Å². The number of rotatable bonds is 19. The molecule has 13 heteroatoms. The van der Waals surface area contributed by atoms with Crippen molar-refractivity contribution in [3.63, 3.8) is 0 Å². The molecule has 0 amide bonds. The number of phenolic OH excluding ortho intramolecular Hbond substituents is 1. The second-order valence-corrected chi connectivity index (χ2v) is 21.8. The minimum absolute atomic E-state index is 0.00876. The zero-order valence-electron chi connectivity index (χ0n) is 37.9. The summed E-state index contributed by atoms with van der Waals surface area (Å²) in [5.41, 5.74) is 15.9. The van der Waals surface area contributed by atoms with Gasteiger partial charge in [-0.25, -0.2) is 0 Å². The van der Waals surface area contributed by atoms with Gasteiger partial charge >= 0.3 is 0 Å². The second-order valence-electron chi connectivity index (χ2n) is 19.3. The van der Waals surface area contributed by atoms with Gasteiger partial charge in [-0.3, -0.25) is 0 Å². The van der Waals surface area contributed by atoms with Crippen molar-refractivity contribution in [3.8, 4) is 11.5 Å². The SMILES string of the molecule is CC(O)CNCC1c2cc(C(O)COc3cc(CCc4cc(CO)c(CCCCCC5CSSCc6c(CO)ccc7c6C=CC(CC5N)C7O)o4)ccc3O)[nH]c2CCC2CCCC21. The third-order valence-corrected chi connectivity index (χ3v) is 17.2. The van der Waals surface area contributed by atoms with E-state index < -0.39 is 18.3 Å². The van der Waals surface area contributed by atoms with Crippen LogP contribution in [0.25, 0.3) is 6.08 Å². The van der Waals surface area contributed by atoms with E-state index in [1.807, 2.05) is 41.1 Å². The number of furan rings is 1.